The number of benzene rings is 2. The minimum atomic E-state index is -0.387. The third kappa shape index (κ3) is 3.98. The van der Waals surface area contributed by atoms with Gasteiger partial charge in [0, 0.05) is 32.2 Å². The van der Waals surface area contributed by atoms with Gasteiger partial charge >= 0.3 is 5.63 Å². The van der Waals surface area contributed by atoms with Crippen molar-refractivity contribution < 1.29 is 23.4 Å². The Labute approximate surface area is 181 Å². The van der Waals surface area contributed by atoms with Gasteiger partial charge in [-0.1, -0.05) is 6.07 Å². The van der Waals surface area contributed by atoms with Crippen LogP contribution in [0.25, 0.3) is 22.1 Å². The molecule has 0 saturated heterocycles. The van der Waals surface area contributed by atoms with Crippen LogP contribution < -0.4 is 19.8 Å². The number of hydrogen-bond acceptors (Lipinski definition) is 7. The van der Waals surface area contributed by atoms with Crippen LogP contribution in [0.15, 0.2) is 39.5 Å². The van der Waals surface area contributed by atoms with E-state index in [4.69, 9.17) is 23.4 Å². The predicted octanol–water partition coefficient (Wildman–Crippen LogP) is 3.97. The van der Waals surface area contributed by atoms with Crippen molar-refractivity contribution in [3.63, 3.8) is 0 Å². The molecule has 0 spiro atoms. The first-order valence-electron chi connectivity index (χ1n) is 10.2. The van der Waals surface area contributed by atoms with Crippen LogP contribution in [0, 0.1) is 6.92 Å². The molecule has 0 amide bonds. The highest BCUT2D eigenvalue weighted by Gasteiger charge is 2.24. The van der Waals surface area contributed by atoms with Crippen LogP contribution in [-0.4, -0.2) is 46.1 Å². The van der Waals surface area contributed by atoms with Gasteiger partial charge in [-0.3, -0.25) is 4.90 Å². The molecule has 0 atom stereocenters. The lowest BCUT2D eigenvalue weighted by Gasteiger charge is -2.29. The van der Waals surface area contributed by atoms with Crippen LogP contribution in [0.3, 0.4) is 0 Å². The van der Waals surface area contributed by atoms with E-state index in [-0.39, 0.29) is 5.63 Å². The van der Waals surface area contributed by atoms with Crippen molar-refractivity contribution in [1.82, 2.24) is 4.90 Å². The Morgan fingerprint density at radius 2 is 1.87 bits per heavy atom. The van der Waals surface area contributed by atoms with Gasteiger partial charge in [0.05, 0.1) is 25.3 Å². The minimum Gasteiger partial charge on any atom is -0.493 e. The minimum absolute atomic E-state index is 0.387. The van der Waals surface area contributed by atoms with Gasteiger partial charge in [-0.2, -0.15) is 0 Å². The highest BCUT2D eigenvalue weighted by molar-refractivity contribution is 5.90. The van der Waals surface area contributed by atoms with Crippen molar-refractivity contribution in [2.75, 3.05) is 41.2 Å². The normalized spacial score (nSPS) is 13.7. The highest BCUT2D eigenvalue weighted by atomic mass is 16.5. The summed E-state index contributed by atoms with van der Waals surface area (Å²) < 4.78 is 27.7. The van der Waals surface area contributed by atoms with Crippen LogP contribution in [0.4, 0.5) is 0 Å². The summed E-state index contributed by atoms with van der Waals surface area (Å²) in [6, 6.07) is 9.33. The highest BCUT2D eigenvalue weighted by Crippen LogP contribution is 2.37. The van der Waals surface area contributed by atoms with Gasteiger partial charge in [0.2, 0.25) is 0 Å². The van der Waals surface area contributed by atoms with Crippen LogP contribution in [0.2, 0.25) is 0 Å². The topological polar surface area (TPSA) is 70.4 Å². The van der Waals surface area contributed by atoms with Crippen molar-refractivity contribution in [3.8, 4) is 28.4 Å². The summed E-state index contributed by atoms with van der Waals surface area (Å²) in [6.45, 7) is 4.65. The largest absolute Gasteiger partial charge is 0.493 e. The number of aryl methyl sites for hydroxylation is 1. The van der Waals surface area contributed by atoms with E-state index in [9.17, 15) is 4.79 Å². The molecule has 3 aromatic rings. The quantitative estimate of drug-likeness (QED) is 0.419. The maximum absolute atomic E-state index is 13.1. The van der Waals surface area contributed by atoms with Crippen LogP contribution in [-0.2, 0) is 11.3 Å². The smallest absolute Gasteiger partial charge is 0.344 e. The van der Waals surface area contributed by atoms with E-state index in [1.807, 2.05) is 25.1 Å². The van der Waals surface area contributed by atoms with Crippen molar-refractivity contribution in [3.05, 3.63) is 51.9 Å². The molecule has 0 fully saturated rings. The first-order valence-corrected chi connectivity index (χ1v) is 10.2. The number of hydrogen-bond donors (Lipinski definition) is 0. The standard InChI is InChI=1S/C24H27NO6/c1-15-17-7-9-19-18(13-25(14-30-19)10-5-11-27-2)23(17)31-24(26)22(15)16-6-8-20(28-3)21(12-16)29-4/h6-9,12H,5,10-11,13-14H2,1-4H3. The fourth-order valence-electron chi connectivity index (χ4n) is 4.07. The molecular formula is C24H27NO6. The number of fused-ring (bicyclic) bond motifs is 3. The summed E-state index contributed by atoms with van der Waals surface area (Å²) in [6.07, 6.45) is 0.909. The van der Waals surface area contributed by atoms with Gasteiger partial charge in [0.1, 0.15) is 18.1 Å². The maximum atomic E-state index is 13.1. The average Bonchev–Trinajstić information content (AvgIpc) is 2.79. The fraction of sp³-hybridized carbons (Fsp3) is 0.375. The van der Waals surface area contributed by atoms with E-state index >= 15 is 0 Å². The van der Waals surface area contributed by atoms with Crippen molar-refractivity contribution in [2.45, 2.75) is 19.9 Å². The first kappa shape index (κ1) is 21.2. The molecule has 1 aromatic heterocycles. The number of nitrogens with zero attached hydrogens (tertiary/aromatic N) is 1. The van der Waals surface area contributed by atoms with Gasteiger partial charge in [0.15, 0.2) is 11.5 Å². The van der Waals surface area contributed by atoms with Gasteiger partial charge in [-0.15, -0.1) is 0 Å². The van der Waals surface area contributed by atoms with Crippen molar-refractivity contribution in [2.24, 2.45) is 0 Å². The van der Waals surface area contributed by atoms with Gasteiger partial charge in [-0.25, -0.2) is 4.79 Å². The van der Waals surface area contributed by atoms with Crippen molar-refractivity contribution >= 4 is 11.0 Å². The van der Waals surface area contributed by atoms with Gasteiger partial charge in [-0.05, 0) is 48.7 Å². The summed E-state index contributed by atoms with van der Waals surface area (Å²) >= 11 is 0. The molecule has 7 nitrogen and oxygen atoms in total. The molecule has 2 heterocycles. The van der Waals surface area contributed by atoms with E-state index in [0.717, 1.165) is 40.8 Å². The third-order valence-corrected chi connectivity index (χ3v) is 5.67. The molecule has 7 heteroatoms. The van der Waals surface area contributed by atoms with E-state index in [2.05, 4.69) is 4.90 Å². The second-order valence-corrected chi connectivity index (χ2v) is 7.55. The molecule has 164 valence electrons. The van der Waals surface area contributed by atoms with Gasteiger partial charge < -0.3 is 23.4 Å². The van der Waals surface area contributed by atoms with E-state index < -0.39 is 0 Å². The van der Waals surface area contributed by atoms with Gasteiger partial charge in [0.25, 0.3) is 0 Å². The molecule has 31 heavy (non-hydrogen) atoms. The number of methoxy groups -OCH3 is 3. The lowest BCUT2D eigenvalue weighted by Crippen LogP contribution is -2.33. The van der Waals surface area contributed by atoms with Crippen LogP contribution in [0.5, 0.6) is 17.2 Å². The summed E-state index contributed by atoms with van der Waals surface area (Å²) in [5, 5.41) is 0.894. The Morgan fingerprint density at radius 3 is 2.61 bits per heavy atom. The van der Waals surface area contributed by atoms with E-state index in [0.29, 0.717) is 42.5 Å². The molecular weight excluding hydrogens is 398 g/mol. The lowest BCUT2D eigenvalue weighted by molar-refractivity contribution is 0.0837. The maximum Gasteiger partial charge on any atom is 0.344 e. The Morgan fingerprint density at radius 1 is 1.06 bits per heavy atom. The number of rotatable bonds is 7. The van der Waals surface area contributed by atoms with Crippen LogP contribution in [0.1, 0.15) is 17.5 Å². The molecule has 0 bridgehead atoms. The predicted molar refractivity (Wildman–Crippen MR) is 118 cm³/mol. The first-order chi connectivity index (χ1) is 15.1. The monoisotopic (exact) mass is 425 g/mol. The Balaban J connectivity index is 1.78. The Kier molecular flexibility index (Phi) is 6.15. The SMILES string of the molecule is COCCCN1COc2ccc3c(C)c(-c4ccc(OC)c(OC)c4)c(=O)oc3c2C1. The lowest BCUT2D eigenvalue weighted by atomic mass is 9.97. The molecule has 0 aliphatic carbocycles. The molecule has 0 N–H and O–H groups in total. The van der Waals surface area contributed by atoms with E-state index in [1.165, 1.54) is 0 Å². The Bertz CT molecular complexity index is 1150. The summed E-state index contributed by atoms with van der Waals surface area (Å²) in [7, 11) is 4.85. The molecule has 0 unspecified atom stereocenters. The zero-order chi connectivity index (χ0) is 22.0. The average molecular weight is 425 g/mol. The molecule has 2 aromatic carbocycles. The molecule has 4 rings (SSSR count). The van der Waals surface area contributed by atoms with Crippen molar-refractivity contribution in [1.29, 1.82) is 0 Å². The summed E-state index contributed by atoms with van der Waals surface area (Å²) in [5.41, 5.74) is 3.20. The van der Waals surface area contributed by atoms with Crippen LogP contribution >= 0.6 is 0 Å². The zero-order valence-corrected chi connectivity index (χ0v) is 18.3. The Hall–Kier alpha value is -3.03. The second kappa shape index (κ2) is 8.99. The molecule has 0 saturated carbocycles. The second-order valence-electron chi connectivity index (χ2n) is 7.55. The molecule has 0 radical (unpaired) electrons. The fourth-order valence-corrected chi connectivity index (χ4v) is 4.07. The zero-order valence-electron chi connectivity index (χ0n) is 18.3. The molecule has 1 aliphatic heterocycles. The third-order valence-electron chi connectivity index (χ3n) is 5.67. The van der Waals surface area contributed by atoms with E-state index in [1.54, 1.807) is 33.5 Å². The number of ether oxygens (including phenoxy) is 4. The summed E-state index contributed by atoms with van der Waals surface area (Å²) in [5.74, 6) is 1.93. The molecule has 1 aliphatic rings. The summed E-state index contributed by atoms with van der Waals surface area (Å²) in [4.78, 5) is 15.3.